The van der Waals surface area contributed by atoms with Crippen LogP contribution in [0.25, 0.3) is 0 Å². The first-order valence-electron chi connectivity index (χ1n) is 8.08. The summed E-state index contributed by atoms with van der Waals surface area (Å²) in [6.45, 7) is 5.31. The maximum absolute atomic E-state index is 4.80. The van der Waals surface area contributed by atoms with Crippen LogP contribution < -0.4 is 4.90 Å². The molecule has 0 aliphatic carbocycles. The summed E-state index contributed by atoms with van der Waals surface area (Å²) in [5, 5.41) is 4.80. The number of hydrogen-bond donors (Lipinski definition) is 0. The molecular formula is C16H22N6. The average Bonchev–Trinajstić information content (AvgIpc) is 3.17. The Hall–Kier alpha value is -1.95. The molecule has 6 heteroatoms. The number of fused-ring (bicyclic) bond motifs is 1. The highest BCUT2D eigenvalue weighted by molar-refractivity contribution is 5.41. The van der Waals surface area contributed by atoms with Crippen LogP contribution in [-0.2, 0) is 26.6 Å². The van der Waals surface area contributed by atoms with E-state index in [1.165, 1.54) is 42.9 Å². The maximum Gasteiger partial charge on any atom is 0.147 e. The summed E-state index contributed by atoms with van der Waals surface area (Å²) in [5.41, 5.74) is 4.05. The van der Waals surface area contributed by atoms with Gasteiger partial charge in [0.1, 0.15) is 5.82 Å². The number of rotatable bonds is 3. The molecule has 22 heavy (non-hydrogen) atoms. The van der Waals surface area contributed by atoms with E-state index in [1.807, 2.05) is 6.20 Å². The van der Waals surface area contributed by atoms with Gasteiger partial charge in [-0.25, -0.2) is 4.98 Å². The molecule has 4 rings (SSSR count). The van der Waals surface area contributed by atoms with Gasteiger partial charge in [-0.2, -0.15) is 5.10 Å². The van der Waals surface area contributed by atoms with Crippen LogP contribution in [0, 0.1) is 0 Å². The summed E-state index contributed by atoms with van der Waals surface area (Å²) in [6, 6.07) is 0. The van der Waals surface area contributed by atoms with Crippen LogP contribution in [0.1, 0.15) is 29.8 Å². The minimum atomic E-state index is 0.873. The Morgan fingerprint density at radius 1 is 1.14 bits per heavy atom. The first-order chi connectivity index (χ1) is 10.8. The number of anilines is 1. The first kappa shape index (κ1) is 13.7. The van der Waals surface area contributed by atoms with Crippen LogP contribution in [0.3, 0.4) is 0 Å². The number of aryl methyl sites for hydroxylation is 1. The van der Waals surface area contributed by atoms with Crippen molar-refractivity contribution >= 4 is 5.82 Å². The average molecular weight is 298 g/mol. The SMILES string of the molecule is Cn1nc(CN2CCCC2)c2c1CN(c1cnccn1)CC2. The highest BCUT2D eigenvalue weighted by Gasteiger charge is 2.26. The van der Waals surface area contributed by atoms with Crippen LogP contribution in [0.5, 0.6) is 0 Å². The van der Waals surface area contributed by atoms with Crippen molar-refractivity contribution < 1.29 is 0 Å². The van der Waals surface area contributed by atoms with Crippen LogP contribution in [-0.4, -0.2) is 44.3 Å². The zero-order chi connectivity index (χ0) is 14.9. The van der Waals surface area contributed by atoms with Crippen LogP contribution in [0.2, 0.25) is 0 Å². The second kappa shape index (κ2) is 5.68. The van der Waals surface area contributed by atoms with Gasteiger partial charge in [-0.15, -0.1) is 0 Å². The van der Waals surface area contributed by atoms with Crippen molar-refractivity contribution in [2.45, 2.75) is 32.4 Å². The Morgan fingerprint density at radius 2 is 2.00 bits per heavy atom. The van der Waals surface area contributed by atoms with Crippen molar-refractivity contribution in [3.8, 4) is 0 Å². The van der Waals surface area contributed by atoms with Crippen LogP contribution in [0.4, 0.5) is 5.82 Å². The van der Waals surface area contributed by atoms with Gasteiger partial charge in [-0.1, -0.05) is 0 Å². The zero-order valence-corrected chi connectivity index (χ0v) is 13.1. The fourth-order valence-corrected chi connectivity index (χ4v) is 3.59. The molecule has 0 N–H and O–H groups in total. The van der Waals surface area contributed by atoms with Gasteiger partial charge in [0, 0.05) is 38.1 Å². The fraction of sp³-hybridized carbons (Fsp3) is 0.562. The van der Waals surface area contributed by atoms with Crippen molar-refractivity contribution in [1.82, 2.24) is 24.6 Å². The Morgan fingerprint density at radius 3 is 2.77 bits per heavy atom. The summed E-state index contributed by atoms with van der Waals surface area (Å²) in [5.74, 6) is 0.954. The van der Waals surface area contributed by atoms with Crippen LogP contribution in [0.15, 0.2) is 18.6 Å². The van der Waals surface area contributed by atoms with E-state index in [-0.39, 0.29) is 0 Å². The van der Waals surface area contributed by atoms with Gasteiger partial charge in [0.15, 0.2) is 0 Å². The molecule has 0 spiro atoms. The molecule has 2 aromatic rings. The third-order valence-corrected chi connectivity index (χ3v) is 4.78. The van der Waals surface area contributed by atoms with Crippen molar-refractivity contribution in [3.05, 3.63) is 35.5 Å². The van der Waals surface area contributed by atoms with E-state index < -0.39 is 0 Å². The molecule has 0 unspecified atom stereocenters. The molecular weight excluding hydrogens is 276 g/mol. The molecule has 0 atom stereocenters. The van der Waals surface area contributed by atoms with E-state index in [1.54, 1.807) is 12.4 Å². The minimum Gasteiger partial charge on any atom is -0.349 e. The highest BCUT2D eigenvalue weighted by Crippen LogP contribution is 2.26. The Balaban J connectivity index is 1.56. The van der Waals surface area contributed by atoms with Crippen LogP contribution >= 0.6 is 0 Å². The fourth-order valence-electron chi connectivity index (χ4n) is 3.59. The number of nitrogens with zero attached hydrogens (tertiary/aromatic N) is 6. The molecule has 2 aliphatic heterocycles. The molecule has 6 nitrogen and oxygen atoms in total. The second-order valence-electron chi connectivity index (χ2n) is 6.21. The predicted octanol–water partition coefficient (Wildman–Crippen LogP) is 1.37. The predicted molar refractivity (Wildman–Crippen MR) is 84.5 cm³/mol. The molecule has 0 saturated carbocycles. The van der Waals surface area contributed by atoms with Gasteiger partial charge in [0.25, 0.3) is 0 Å². The van der Waals surface area contributed by atoms with Crippen molar-refractivity contribution in [1.29, 1.82) is 0 Å². The Labute approximate surface area is 130 Å². The molecule has 4 heterocycles. The topological polar surface area (TPSA) is 50.1 Å². The van der Waals surface area contributed by atoms with E-state index in [2.05, 4.69) is 31.5 Å². The van der Waals surface area contributed by atoms with Gasteiger partial charge >= 0.3 is 0 Å². The number of likely N-dealkylation sites (tertiary alicyclic amines) is 1. The monoisotopic (exact) mass is 298 g/mol. The van der Waals surface area contributed by atoms with E-state index in [0.29, 0.717) is 0 Å². The Bertz CT molecular complexity index is 644. The smallest absolute Gasteiger partial charge is 0.147 e. The van der Waals surface area contributed by atoms with Gasteiger partial charge in [-0.3, -0.25) is 14.6 Å². The summed E-state index contributed by atoms with van der Waals surface area (Å²) in [7, 11) is 2.06. The molecule has 116 valence electrons. The summed E-state index contributed by atoms with van der Waals surface area (Å²) < 4.78 is 2.06. The standard InChI is InChI=1S/C16H22N6/c1-20-15-12-22(16-10-17-5-6-18-16)9-4-13(15)14(19-20)11-21-7-2-3-8-21/h5-6,10H,2-4,7-9,11-12H2,1H3. The lowest BCUT2D eigenvalue weighted by molar-refractivity contribution is 0.325. The third kappa shape index (κ3) is 2.47. The molecule has 2 aliphatic rings. The number of aromatic nitrogens is 4. The molecule has 0 radical (unpaired) electrons. The summed E-state index contributed by atoms with van der Waals surface area (Å²) in [4.78, 5) is 13.4. The lowest BCUT2D eigenvalue weighted by atomic mass is 10.0. The number of hydrogen-bond acceptors (Lipinski definition) is 5. The molecule has 2 aromatic heterocycles. The molecule has 0 aromatic carbocycles. The van der Waals surface area contributed by atoms with Crippen molar-refractivity contribution in [2.75, 3.05) is 24.5 Å². The normalized spacial score (nSPS) is 18.7. The van der Waals surface area contributed by atoms with E-state index in [0.717, 1.165) is 31.9 Å². The Kier molecular flexibility index (Phi) is 3.54. The molecule has 0 bridgehead atoms. The van der Waals surface area contributed by atoms with E-state index >= 15 is 0 Å². The van der Waals surface area contributed by atoms with Gasteiger partial charge in [-0.05, 0) is 32.4 Å². The molecule has 1 saturated heterocycles. The highest BCUT2D eigenvalue weighted by atomic mass is 15.3. The van der Waals surface area contributed by atoms with E-state index in [9.17, 15) is 0 Å². The lowest BCUT2D eigenvalue weighted by Gasteiger charge is -2.28. The third-order valence-electron chi connectivity index (χ3n) is 4.78. The summed E-state index contributed by atoms with van der Waals surface area (Å²) in [6.07, 6.45) is 9.02. The van der Waals surface area contributed by atoms with Crippen molar-refractivity contribution in [3.63, 3.8) is 0 Å². The molecule has 0 amide bonds. The zero-order valence-electron chi connectivity index (χ0n) is 13.1. The largest absolute Gasteiger partial charge is 0.349 e. The quantitative estimate of drug-likeness (QED) is 0.856. The van der Waals surface area contributed by atoms with Crippen molar-refractivity contribution in [2.24, 2.45) is 7.05 Å². The lowest BCUT2D eigenvalue weighted by Crippen LogP contribution is -2.32. The van der Waals surface area contributed by atoms with Gasteiger partial charge in [0.2, 0.25) is 0 Å². The van der Waals surface area contributed by atoms with Gasteiger partial charge in [0.05, 0.1) is 24.1 Å². The summed E-state index contributed by atoms with van der Waals surface area (Å²) >= 11 is 0. The minimum absolute atomic E-state index is 0.873. The van der Waals surface area contributed by atoms with E-state index in [4.69, 9.17) is 5.10 Å². The second-order valence-corrected chi connectivity index (χ2v) is 6.21. The maximum atomic E-state index is 4.80. The van der Waals surface area contributed by atoms with Gasteiger partial charge < -0.3 is 4.90 Å². The molecule has 1 fully saturated rings. The first-order valence-corrected chi connectivity index (χ1v) is 8.08.